The van der Waals surface area contributed by atoms with E-state index in [0.29, 0.717) is 63.7 Å². The van der Waals surface area contributed by atoms with E-state index >= 15 is 0 Å². The number of amides is 2. The van der Waals surface area contributed by atoms with Gasteiger partial charge in [0, 0.05) is 44.0 Å². The lowest BCUT2D eigenvalue weighted by Gasteiger charge is -2.28. The number of likely N-dealkylation sites (tertiary alicyclic amines) is 1. The van der Waals surface area contributed by atoms with Gasteiger partial charge < -0.3 is 26.0 Å². The van der Waals surface area contributed by atoms with Crippen LogP contribution in [0.15, 0.2) is 18.2 Å². The Labute approximate surface area is 194 Å². The second-order valence-electron chi connectivity index (χ2n) is 8.41. The standard InChI is InChI=1S/C23H33ClN4O4/c24-18-5-3-17(15-25)16(14-18)4-7-21(29)20-2-1-9-28(20)23(31)19(26)6-8-22(30)27-10-12-32-13-11-27/h3,5,14,19-20H,1-2,4,6-13,15,25-26H2/t19-,20+/m1/s1. The van der Waals surface area contributed by atoms with Crippen LogP contribution in [0.3, 0.4) is 0 Å². The molecular weight excluding hydrogens is 432 g/mol. The molecule has 2 aliphatic rings. The van der Waals surface area contributed by atoms with Crippen molar-refractivity contribution in [2.24, 2.45) is 11.5 Å². The van der Waals surface area contributed by atoms with Crippen molar-refractivity contribution >= 4 is 29.2 Å². The number of hydrogen-bond acceptors (Lipinski definition) is 6. The van der Waals surface area contributed by atoms with E-state index in [4.69, 9.17) is 27.8 Å². The number of ether oxygens (including phenoxy) is 1. The van der Waals surface area contributed by atoms with Crippen LogP contribution in [0, 0.1) is 0 Å². The predicted octanol–water partition coefficient (Wildman–Crippen LogP) is 1.26. The van der Waals surface area contributed by atoms with Gasteiger partial charge in [0.25, 0.3) is 0 Å². The molecule has 0 radical (unpaired) electrons. The summed E-state index contributed by atoms with van der Waals surface area (Å²) in [4.78, 5) is 41.6. The average Bonchev–Trinajstić information content (AvgIpc) is 3.31. The minimum atomic E-state index is -0.787. The molecule has 0 aromatic heterocycles. The van der Waals surface area contributed by atoms with E-state index in [1.807, 2.05) is 12.1 Å². The summed E-state index contributed by atoms with van der Waals surface area (Å²) >= 11 is 6.09. The number of halogens is 1. The average molecular weight is 465 g/mol. The zero-order valence-corrected chi connectivity index (χ0v) is 19.2. The van der Waals surface area contributed by atoms with E-state index in [1.54, 1.807) is 15.9 Å². The molecule has 9 heteroatoms. The van der Waals surface area contributed by atoms with E-state index in [9.17, 15) is 14.4 Å². The molecule has 1 aromatic rings. The summed E-state index contributed by atoms with van der Waals surface area (Å²) in [6.45, 7) is 3.12. The Balaban J connectivity index is 1.52. The Bertz CT molecular complexity index is 828. The molecule has 4 N–H and O–H groups in total. The molecule has 176 valence electrons. The van der Waals surface area contributed by atoms with Gasteiger partial charge in [0.2, 0.25) is 11.8 Å². The number of carbonyl (C=O) groups excluding carboxylic acids is 3. The van der Waals surface area contributed by atoms with Crippen molar-refractivity contribution in [3.05, 3.63) is 34.3 Å². The monoisotopic (exact) mass is 464 g/mol. The van der Waals surface area contributed by atoms with Gasteiger partial charge >= 0.3 is 0 Å². The Morgan fingerprint density at radius 3 is 2.59 bits per heavy atom. The van der Waals surface area contributed by atoms with Crippen LogP contribution in [0.25, 0.3) is 0 Å². The maximum atomic E-state index is 12.9. The fraction of sp³-hybridized carbons (Fsp3) is 0.609. The molecule has 2 heterocycles. The van der Waals surface area contributed by atoms with Crippen LogP contribution in [0.1, 0.15) is 43.2 Å². The Hall–Kier alpha value is -2.00. The van der Waals surface area contributed by atoms with Gasteiger partial charge in [-0.25, -0.2) is 0 Å². The van der Waals surface area contributed by atoms with Crippen molar-refractivity contribution in [1.29, 1.82) is 0 Å². The molecule has 0 unspecified atom stereocenters. The number of hydrogen-bond donors (Lipinski definition) is 2. The van der Waals surface area contributed by atoms with Gasteiger partial charge in [-0.3, -0.25) is 14.4 Å². The van der Waals surface area contributed by atoms with Crippen LogP contribution in [0.2, 0.25) is 5.02 Å². The second kappa shape index (κ2) is 11.7. The molecule has 0 saturated carbocycles. The second-order valence-corrected chi connectivity index (χ2v) is 8.85. The van der Waals surface area contributed by atoms with Gasteiger partial charge in [-0.05, 0) is 48.9 Å². The van der Waals surface area contributed by atoms with Crippen molar-refractivity contribution in [2.45, 2.75) is 57.2 Å². The third-order valence-electron chi connectivity index (χ3n) is 6.29. The molecule has 1 aromatic carbocycles. The Morgan fingerprint density at radius 2 is 1.88 bits per heavy atom. The molecule has 0 spiro atoms. The number of benzene rings is 1. The predicted molar refractivity (Wildman–Crippen MR) is 122 cm³/mol. The first-order chi connectivity index (χ1) is 15.4. The molecule has 2 atom stereocenters. The van der Waals surface area contributed by atoms with Gasteiger partial charge in [0.1, 0.15) is 0 Å². The van der Waals surface area contributed by atoms with Crippen LogP contribution in [-0.4, -0.2) is 72.3 Å². The SMILES string of the molecule is NCc1ccc(Cl)cc1CCC(=O)[C@@H]1CCCN1C(=O)[C@H](N)CCC(=O)N1CCOCC1. The number of ketones is 1. The highest BCUT2D eigenvalue weighted by molar-refractivity contribution is 6.30. The number of nitrogens with zero attached hydrogens (tertiary/aromatic N) is 2. The van der Waals surface area contributed by atoms with E-state index in [0.717, 1.165) is 17.5 Å². The molecule has 2 saturated heterocycles. The third kappa shape index (κ3) is 6.28. The van der Waals surface area contributed by atoms with E-state index < -0.39 is 12.1 Å². The van der Waals surface area contributed by atoms with Crippen LogP contribution in [0.5, 0.6) is 0 Å². The minimum absolute atomic E-state index is 0.0113. The number of morpholine rings is 1. The maximum absolute atomic E-state index is 12.9. The van der Waals surface area contributed by atoms with Gasteiger partial charge in [0.15, 0.2) is 5.78 Å². The number of rotatable bonds is 9. The Morgan fingerprint density at radius 1 is 1.12 bits per heavy atom. The topological polar surface area (TPSA) is 119 Å². The van der Waals surface area contributed by atoms with Crippen LogP contribution in [-0.2, 0) is 32.1 Å². The molecule has 0 bridgehead atoms. The van der Waals surface area contributed by atoms with E-state index in [-0.39, 0.29) is 30.4 Å². The van der Waals surface area contributed by atoms with Gasteiger partial charge in [-0.15, -0.1) is 0 Å². The van der Waals surface area contributed by atoms with Crippen LogP contribution in [0.4, 0.5) is 0 Å². The molecule has 32 heavy (non-hydrogen) atoms. The molecule has 2 aliphatic heterocycles. The summed E-state index contributed by atoms with van der Waals surface area (Å²) in [5.41, 5.74) is 13.9. The van der Waals surface area contributed by atoms with E-state index in [1.165, 1.54) is 0 Å². The van der Waals surface area contributed by atoms with Crippen molar-refractivity contribution in [3.63, 3.8) is 0 Å². The van der Waals surface area contributed by atoms with E-state index in [2.05, 4.69) is 0 Å². The molecule has 0 aliphatic carbocycles. The van der Waals surface area contributed by atoms with Gasteiger partial charge in [0.05, 0.1) is 25.3 Å². The largest absolute Gasteiger partial charge is 0.378 e. The minimum Gasteiger partial charge on any atom is -0.378 e. The number of Topliss-reactive ketones (excluding diaryl/α,β-unsaturated/α-hetero) is 1. The maximum Gasteiger partial charge on any atom is 0.240 e. The number of nitrogens with two attached hydrogens (primary N) is 2. The van der Waals surface area contributed by atoms with Crippen molar-refractivity contribution in [2.75, 3.05) is 32.8 Å². The summed E-state index contributed by atoms with van der Waals surface area (Å²) in [5, 5.41) is 0.611. The van der Waals surface area contributed by atoms with Crippen LogP contribution < -0.4 is 11.5 Å². The lowest BCUT2D eigenvalue weighted by Crippen LogP contribution is -2.49. The summed E-state index contributed by atoms with van der Waals surface area (Å²) in [6, 6.07) is 4.27. The van der Waals surface area contributed by atoms with Gasteiger partial charge in [-0.2, -0.15) is 0 Å². The smallest absolute Gasteiger partial charge is 0.240 e. The third-order valence-corrected chi connectivity index (χ3v) is 6.52. The quantitative estimate of drug-likeness (QED) is 0.567. The highest BCUT2D eigenvalue weighted by Gasteiger charge is 2.35. The highest BCUT2D eigenvalue weighted by atomic mass is 35.5. The Kier molecular flexibility index (Phi) is 9.04. The zero-order chi connectivity index (χ0) is 23.1. The van der Waals surface area contributed by atoms with Crippen LogP contribution >= 0.6 is 11.6 Å². The first-order valence-corrected chi connectivity index (χ1v) is 11.7. The first-order valence-electron chi connectivity index (χ1n) is 11.3. The lowest BCUT2D eigenvalue weighted by atomic mass is 9.98. The molecular formula is C23H33ClN4O4. The van der Waals surface area contributed by atoms with Gasteiger partial charge in [-0.1, -0.05) is 17.7 Å². The fourth-order valence-corrected chi connectivity index (χ4v) is 4.60. The summed E-state index contributed by atoms with van der Waals surface area (Å²) in [5.74, 6) is -0.237. The highest BCUT2D eigenvalue weighted by Crippen LogP contribution is 2.23. The number of aryl methyl sites for hydroxylation is 1. The first kappa shape index (κ1) is 24.6. The van der Waals surface area contributed by atoms with Crippen molar-refractivity contribution in [1.82, 2.24) is 9.80 Å². The summed E-state index contributed by atoms with van der Waals surface area (Å²) < 4.78 is 5.26. The molecule has 8 nitrogen and oxygen atoms in total. The molecule has 2 amide bonds. The van der Waals surface area contributed by atoms with Crippen molar-refractivity contribution < 1.29 is 19.1 Å². The normalized spacial score (nSPS) is 19.8. The van der Waals surface area contributed by atoms with Crippen molar-refractivity contribution in [3.8, 4) is 0 Å². The molecule has 2 fully saturated rings. The summed E-state index contributed by atoms with van der Waals surface area (Å²) in [7, 11) is 0. The fourth-order valence-electron chi connectivity index (χ4n) is 4.40. The lowest BCUT2D eigenvalue weighted by molar-refractivity contribution is -0.139. The molecule has 3 rings (SSSR count). The zero-order valence-electron chi connectivity index (χ0n) is 18.4. The summed E-state index contributed by atoms with van der Waals surface area (Å²) in [6.07, 6.45) is 2.75. The number of carbonyl (C=O) groups is 3.